The van der Waals surface area contributed by atoms with Gasteiger partial charge < -0.3 is 20.1 Å². The highest BCUT2D eigenvalue weighted by Crippen LogP contribution is 2.26. The second-order valence-electron chi connectivity index (χ2n) is 7.58. The molecule has 1 fully saturated rings. The molecule has 0 aliphatic carbocycles. The monoisotopic (exact) mass is 558 g/mol. The van der Waals surface area contributed by atoms with E-state index in [1.54, 1.807) is 14.2 Å². The fourth-order valence-electron chi connectivity index (χ4n) is 3.52. The Kier molecular flexibility index (Phi) is 12.3. The first kappa shape index (κ1) is 27.6. The molecule has 6 nitrogen and oxygen atoms in total. The third-order valence-electron chi connectivity index (χ3n) is 5.13. The highest BCUT2D eigenvalue weighted by molar-refractivity contribution is 14.0. The number of methoxy groups -OCH3 is 1. The van der Waals surface area contributed by atoms with Gasteiger partial charge in [-0.2, -0.15) is 13.2 Å². The van der Waals surface area contributed by atoms with Crippen LogP contribution in [0.15, 0.2) is 29.3 Å². The van der Waals surface area contributed by atoms with Gasteiger partial charge in [-0.1, -0.05) is 12.1 Å². The van der Waals surface area contributed by atoms with Crippen LogP contribution >= 0.6 is 24.0 Å². The molecule has 0 amide bonds. The number of halogens is 4. The Labute approximate surface area is 200 Å². The van der Waals surface area contributed by atoms with Crippen molar-refractivity contribution in [2.75, 3.05) is 46.9 Å². The molecule has 31 heavy (non-hydrogen) atoms. The molecule has 0 spiro atoms. The van der Waals surface area contributed by atoms with Gasteiger partial charge in [0.2, 0.25) is 0 Å². The fourth-order valence-corrected chi connectivity index (χ4v) is 3.52. The number of hydrogen-bond donors (Lipinski definition) is 2. The van der Waals surface area contributed by atoms with Crippen LogP contribution in [-0.2, 0) is 0 Å². The van der Waals surface area contributed by atoms with E-state index in [0.717, 1.165) is 25.8 Å². The summed E-state index contributed by atoms with van der Waals surface area (Å²) in [4.78, 5) is 5.71. The van der Waals surface area contributed by atoms with Crippen LogP contribution in [-0.4, -0.2) is 70.0 Å². The molecule has 0 bridgehead atoms. The number of nitrogens with zero attached hydrogens (tertiary/aromatic N) is 2. The van der Waals surface area contributed by atoms with Crippen molar-refractivity contribution in [1.29, 1.82) is 0 Å². The van der Waals surface area contributed by atoms with Gasteiger partial charge in [0.1, 0.15) is 6.10 Å². The number of guanidine groups is 1. The number of alkyl halides is 3. The lowest BCUT2D eigenvalue weighted by Crippen LogP contribution is -2.43. The third kappa shape index (κ3) is 10.6. The van der Waals surface area contributed by atoms with Crippen molar-refractivity contribution < 1.29 is 22.6 Å². The molecular formula is C21H34F3IN4O2. The molecule has 1 heterocycles. The SMILES string of the molecule is CN=C(NCCC1CCN(CC(F)(F)F)CC1)NCC(C)Oc1ccccc1OC.I. The topological polar surface area (TPSA) is 58.1 Å². The predicted molar refractivity (Wildman–Crippen MR) is 128 cm³/mol. The smallest absolute Gasteiger partial charge is 0.401 e. The average molecular weight is 558 g/mol. The molecule has 1 atom stereocenters. The Balaban J connectivity index is 0.00000480. The van der Waals surface area contributed by atoms with Crippen LogP contribution in [0, 0.1) is 5.92 Å². The zero-order valence-corrected chi connectivity index (χ0v) is 20.7. The number of benzene rings is 1. The van der Waals surface area contributed by atoms with Crippen molar-refractivity contribution in [2.45, 2.75) is 38.5 Å². The van der Waals surface area contributed by atoms with Crippen molar-refractivity contribution in [1.82, 2.24) is 15.5 Å². The Morgan fingerprint density at radius 3 is 2.42 bits per heavy atom. The van der Waals surface area contributed by atoms with E-state index in [1.807, 2.05) is 31.2 Å². The van der Waals surface area contributed by atoms with E-state index >= 15 is 0 Å². The lowest BCUT2D eigenvalue weighted by atomic mass is 9.93. The number of ether oxygens (including phenoxy) is 2. The van der Waals surface area contributed by atoms with Crippen LogP contribution in [0.4, 0.5) is 13.2 Å². The van der Waals surface area contributed by atoms with Gasteiger partial charge in [-0.05, 0) is 57.3 Å². The summed E-state index contributed by atoms with van der Waals surface area (Å²) in [6, 6.07) is 7.50. The maximum atomic E-state index is 12.5. The second kappa shape index (κ2) is 13.9. The summed E-state index contributed by atoms with van der Waals surface area (Å²) in [5.41, 5.74) is 0. The molecule has 1 unspecified atom stereocenters. The molecule has 0 aromatic heterocycles. The van der Waals surface area contributed by atoms with Gasteiger partial charge in [0.15, 0.2) is 17.5 Å². The summed E-state index contributed by atoms with van der Waals surface area (Å²) >= 11 is 0. The molecule has 2 rings (SSSR count). The summed E-state index contributed by atoms with van der Waals surface area (Å²) in [6.07, 6.45) is -1.70. The predicted octanol–water partition coefficient (Wildman–Crippen LogP) is 3.91. The third-order valence-corrected chi connectivity index (χ3v) is 5.13. The number of rotatable bonds is 9. The largest absolute Gasteiger partial charge is 0.493 e. The molecule has 178 valence electrons. The van der Waals surface area contributed by atoms with Crippen LogP contribution in [0.3, 0.4) is 0 Å². The highest BCUT2D eigenvalue weighted by atomic mass is 127. The summed E-state index contributed by atoms with van der Waals surface area (Å²) in [5.74, 6) is 2.50. The maximum Gasteiger partial charge on any atom is 0.401 e. The lowest BCUT2D eigenvalue weighted by molar-refractivity contribution is -0.148. The van der Waals surface area contributed by atoms with Gasteiger partial charge in [0, 0.05) is 13.6 Å². The van der Waals surface area contributed by atoms with Gasteiger partial charge in [-0.25, -0.2) is 0 Å². The van der Waals surface area contributed by atoms with Gasteiger partial charge in [0.25, 0.3) is 0 Å². The van der Waals surface area contributed by atoms with Crippen molar-refractivity contribution in [2.24, 2.45) is 10.9 Å². The average Bonchev–Trinajstić information content (AvgIpc) is 2.71. The number of hydrogen-bond acceptors (Lipinski definition) is 4. The van der Waals surface area contributed by atoms with Crippen LogP contribution < -0.4 is 20.1 Å². The number of likely N-dealkylation sites (tertiary alicyclic amines) is 1. The Hall–Kier alpha value is -1.43. The van der Waals surface area contributed by atoms with E-state index in [1.165, 1.54) is 4.90 Å². The number of nitrogens with one attached hydrogen (secondary N) is 2. The normalized spacial score (nSPS) is 16.9. The minimum atomic E-state index is -4.11. The zero-order chi connectivity index (χ0) is 22.0. The summed E-state index contributed by atoms with van der Waals surface area (Å²) < 4.78 is 48.6. The zero-order valence-electron chi connectivity index (χ0n) is 18.4. The molecule has 1 aromatic carbocycles. The van der Waals surface area contributed by atoms with Crippen molar-refractivity contribution >= 4 is 29.9 Å². The summed E-state index contributed by atoms with van der Waals surface area (Å²) in [6.45, 7) is 3.47. The molecule has 0 radical (unpaired) electrons. The van der Waals surface area contributed by atoms with E-state index in [-0.39, 0.29) is 30.1 Å². The minimum Gasteiger partial charge on any atom is -0.493 e. The van der Waals surface area contributed by atoms with Crippen LogP contribution in [0.2, 0.25) is 0 Å². The molecule has 1 aliphatic rings. The van der Waals surface area contributed by atoms with E-state index < -0.39 is 12.7 Å². The first-order valence-electron chi connectivity index (χ1n) is 10.3. The molecular weight excluding hydrogens is 524 g/mol. The molecule has 0 saturated carbocycles. The van der Waals surface area contributed by atoms with Crippen LogP contribution in [0.1, 0.15) is 26.2 Å². The van der Waals surface area contributed by atoms with Gasteiger partial charge >= 0.3 is 6.18 Å². The Morgan fingerprint density at radius 1 is 1.19 bits per heavy atom. The first-order valence-corrected chi connectivity index (χ1v) is 10.3. The molecule has 2 N–H and O–H groups in total. The molecule has 1 aromatic rings. The van der Waals surface area contributed by atoms with E-state index in [9.17, 15) is 13.2 Å². The minimum absolute atomic E-state index is 0. The molecule has 1 aliphatic heterocycles. The van der Waals surface area contributed by atoms with Crippen molar-refractivity contribution in [3.8, 4) is 11.5 Å². The van der Waals surface area contributed by atoms with Crippen molar-refractivity contribution in [3.05, 3.63) is 24.3 Å². The van der Waals surface area contributed by atoms with Gasteiger partial charge in [-0.3, -0.25) is 9.89 Å². The van der Waals surface area contributed by atoms with Crippen molar-refractivity contribution in [3.63, 3.8) is 0 Å². The number of aliphatic imine (C=N–C) groups is 1. The number of para-hydroxylation sites is 2. The standard InChI is InChI=1S/C21H33F3N4O2.HI/c1-16(30-19-7-5-4-6-18(19)29-3)14-27-20(25-2)26-11-8-17-9-12-28(13-10-17)15-21(22,23)24;/h4-7,16-17H,8-15H2,1-3H3,(H2,25,26,27);1H. The Bertz CT molecular complexity index is 668. The highest BCUT2D eigenvalue weighted by Gasteiger charge is 2.32. The van der Waals surface area contributed by atoms with Gasteiger partial charge in [0.05, 0.1) is 20.2 Å². The molecule has 1 saturated heterocycles. The second-order valence-corrected chi connectivity index (χ2v) is 7.58. The maximum absolute atomic E-state index is 12.5. The number of piperidine rings is 1. The van der Waals surface area contributed by atoms with Gasteiger partial charge in [-0.15, -0.1) is 24.0 Å². The van der Waals surface area contributed by atoms with E-state index in [2.05, 4.69) is 15.6 Å². The van der Waals surface area contributed by atoms with E-state index in [4.69, 9.17) is 9.47 Å². The summed E-state index contributed by atoms with van der Waals surface area (Å²) in [5, 5.41) is 6.51. The fraction of sp³-hybridized carbons (Fsp3) is 0.667. The van der Waals surface area contributed by atoms with Crippen LogP contribution in [0.25, 0.3) is 0 Å². The van der Waals surface area contributed by atoms with Crippen LogP contribution in [0.5, 0.6) is 11.5 Å². The Morgan fingerprint density at radius 2 is 1.84 bits per heavy atom. The first-order chi connectivity index (χ1) is 14.3. The lowest BCUT2D eigenvalue weighted by Gasteiger charge is -2.32. The van der Waals surface area contributed by atoms with E-state index in [0.29, 0.717) is 43.0 Å². The quantitative estimate of drug-likeness (QED) is 0.274. The summed E-state index contributed by atoms with van der Waals surface area (Å²) in [7, 11) is 3.31. The molecule has 10 heteroatoms.